The minimum absolute atomic E-state index is 0.000141. The molecule has 0 bridgehead atoms. The van der Waals surface area contributed by atoms with E-state index < -0.39 is 0 Å². The molecule has 152 valence electrons. The lowest BCUT2D eigenvalue weighted by molar-refractivity contribution is -0.138. The zero-order chi connectivity index (χ0) is 19.8. The smallest absolute Gasteiger partial charge is 0.253 e. The van der Waals surface area contributed by atoms with Crippen LogP contribution in [0, 0.1) is 0 Å². The first-order chi connectivity index (χ1) is 14.1. The molecule has 1 atom stereocenters. The van der Waals surface area contributed by atoms with Crippen LogP contribution in [-0.2, 0) is 4.79 Å². The van der Waals surface area contributed by atoms with Gasteiger partial charge in [-0.25, -0.2) is 0 Å². The summed E-state index contributed by atoms with van der Waals surface area (Å²) >= 11 is 0. The van der Waals surface area contributed by atoms with Crippen molar-refractivity contribution >= 4 is 22.6 Å². The molecule has 3 aliphatic rings. The molecular formula is C24H29N3O2. The fourth-order valence-corrected chi connectivity index (χ4v) is 5.32. The van der Waals surface area contributed by atoms with Crippen molar-refractivity contribution in [1.82, 2.24) is 14.7 Å². The lowest BCUT2D eigenvalue weighted by atomic mass is 9.77. The quantitative estimate of drug-likeness (QED) is 0.807. The highest BCUT2D eigenvalue weighted by Crippen LogP contribution is 2.39. The number of amides is 2. The minimum atomic E-state index is 0.000141. The number of rotatable bonds is 3. The van der Waals surface area contributed by atoms with Gasteiger partial charge in [0, 0.05) is 43.8 Å². The standard InChI is InChI=1S/C24H29N3O2/c28-22(25-12-3-4-13-25)17-27-15-11-24(27)10-5-14-26(18-24)23(29)21-9-8-19-6-1-2-7-20(19)16-21/h1-2,6-9,16H,3-5,10-15,17-18H2. The molecule has 0 radical (unpaired) electrons. The number of hydrogen-bond donors (Lipinski definition) is 0. The van der Waals surface area contributed by atoms with Crippen molar-refractivity contribution in [3.8, 4) is 0 Å². The molecule has 2 aromatic rings. The van der Waals surface area contributed by atoms with Gasteiger partial charge >= 0.3 is 0 Å². The zero-order valence-corrected chi connectivity index (χ0v) is 17.0. The summed E-state index contributed by atoms with van der Waals surface area (Å²) in [5, 5.41) is 2.26. The fourth-order valence-electron chi connectivity index (χ4n) is 5.32. The Morgan fingerprint density at radius 2 is 1.59 bits per heavy atom. The molecular weight excluding hydrogens is 362 g/mol. The third kappa shape index (κ3) is 3.42. The predicted octanol–water partition coefficient (Wildman–Crippen LogP) is 3.14. The Kier molecular flexibility index (Phi) is 4.78. The van der Waals surface area contributed by atoms with Gasteiger partial charge in [-0.3, -0.25) is 14.5 Å². The molecule has 29 heavy (non-hydrogen) atoms. The summed E-state index contributed by atoms with van der Waals surface area (Å²) in [6.45, 7) is 4.85. The highest BCUT2D eigenvalue weighted by atomic mass is 16.2. The molecule has 2 amide bonds. The number of nitrogens with zero attached hydrogens (tertiary/aromatic N) is 3. The van der Waals surface area contributed by atoms with Crippen LogP contribution in [0.15, 0.2) is 42.5 Å². The van der Waals surface area contributed by atoms with Crippen LogP contribution in [0.1, 0.15) is 42.5 Å². The molecule has 3 heterocycles. The summed E-state index contributed by atoms with van der Waals surface area (Å²) in [6, 6.07) is 14.1. The molecule has 0 aliphatic carbocycles. The lowest BCUT2D eigenvalue weighted by Gasteiger charge is -2.57. The van der Waals surface area contributed by atoms with Gasteiger partial charge in [-0.15, -0.1) is 0 Å². The summed E-state index contributed by atoms with van der Waals surface area (Å²) in [5.74, 6) is 0.382. The van der Waals surface area contributed by atoms with E-state index in [1.54, 1.807) is 0 Å². The molecule has 5 heteroatoms. The third-order valence-corrected chi connectivity index (χ3v) is 7.14. The van der Waals surface area contributed by atoms with Gasteiger partial charge in [-0.05, 0) is 55.0 Å². The van der Waals surface area contributed by atoms with Crippen molar-refractivity contribution in [2.75, 3.05) is 39.3 Å². The van der Waals surface area contributed by atoms with E-state index in [9.17, 15) is 9.59 Å². The van der Waals surface area contributed by atoms with Crippen molar-refractivity contribution in [2.24, 2.45) is 0 Å². The zero-order valence-electron chi connectivity index (χ0n) is 17.0. The Morgan fingerprint density at radius 3 is 2.34 bits per heavy atom. The monoisotopic (exact) mass is 391 g/mol. The van der Waals surface area contributed by atoms with E-state index in [2.05, 4.69) is 17.0 Å². The Hall–Kier alpha value is -2.40. The first-order valence-electron chi connectivity index (χ1n) is 11.0. The van der Waals surface area contributed by atoms with Gasteiger partial charge in [0.1, 0.15) is 0 Å². The van der Waals surface area contributed by atoms with Crippen molar-refractivity contribution < 1.29 is 9.59 Å². The number of carbonyl (C=O) groups is 2. The molecule has 3 aliphatic heterocycles. The average molecular weight is 392 g/mol. The van der Waals surface area contributed by atoms with E-state index >= 15 is 0 Å². The number of carbonyl (C=O) groups excluding carboxylic acids is 2. The summed E-state index contributed by atoms with van der Waals surface area (Å²) < 4.78 is 0. The molecule has 0 N–H and O–H groups in total. The SMILES string of the molecule is O=C(CN1CCC12CCCN(C(=O)c1ccc3ccccc3c1)C2)N1CCCC1. The van der Waals surface area contributed by atoms with Crippen molar-refractivity contribution in [1.29, 1.82) is 0 Å². The number of likely N-dealkylation sites (tertiary alicyclic amines) is 3. The van der Waals surface area contributed by atoms with Gasteiger partial charge in [-0.2, -0.15) is 0 Å². The maximum atomic E-state index is 13.2. The first-order valence-corrected chi connectivity index (χ1v) is 11.0. The molecule has 0 saturated carbocycles. The normalized spacial score (nSPS) is 24.8. The Balaban J connectivity index is 1.29. The van der Waals surface area contributed by atoms with E-state index in [0.717, 1.165) is 81.2 Å². The van der Waals surface area contributed by atoms with Crippen LogP contribution in [0.25, 0.3) is 10.8 Å². The molecule has 1 spiro atoms. The Labute approximate surface area is 172 Å². The number of piperidine rings is 1. The second-order valence-corrected chi connectivity index (χ2v) is 8.88. The lowest BCUT2D eigenvalue weighted by Crippen LogP contribution is -2.68. The summed E-state index contributed by atoms with van der Waals surface area (Å²) in [6.07, 6.45) is 5.44. The summed E-state index contributed by atoms with van der Waals surface area (Å²) in [4.78, 5) is 32.2. The van der Waals surface area contributed by atoms with Crippen molar-refractivity contribution in [3.63, 3.8) is 0 Å². The van der Waals surface area contributed by atoms with Crippen LogP contribution in [0.4, 0.5) is 0 Å². The van der Waals surface area contributed by atoms with Crippen LogP contribution in [-0.4, -0.2) is 71.3 Å². The fraction of sp³-hybridized carbons (Fsp3) is 0.500. The second-order valence-electron chi connectivity index (χ2n) is 8.88. The number of fused-ring (bicyclic) bond motifs is 1. The molecule has 3 fully saturated rings. The van der Waals surface area contributed by atoms with Crippen molar-refractivity contribution in [3.05, 3.63) is 48.0 Å². The van der Waals surface area contributed by atoms with E-state index in [1.165, 1.54) is 0 Å². The minimum Gasteiger partial charge on any atom is -0.342 e. The number of benzene rings is 2. The van der Waals surface area contributed by atoms with E-state index in [0.29, 0.717) is 6.54 Å². The Morgan fingerprint density at radius 1 is 0.828 bits per heavy atom. The maximum absolute atomic E-state index is 13.2. The van der Waals surface area contributed by atoms with Crippen LogP contribution < -0.4 is 0 Å². The molecule has 2 aromatic carbocycles. The molecule has 5 rings (SSSR count). The average Bonchev–Trinajstić information content (AvgIpc) is 3.31. The first kappa shape index (κ1) is 18.6. The second kappa shape index (κ2) is 7.45. The van der Waals surface area contributed by atoms with Crippen LogP contribution >= 0.6 is 0 Å². The molecule has 5 nitrogen and oxygen atoms in total. The van der Waals surface area contributed by atoms with Gasteiger partial charge < -0.3 is 9.80 Å². The van der Waals surface area contributed by atoms with E-state index in [1.807, 2.05) is 40.1 Å². The topological polar surface area (TPSA) is 43.9 Å². The van der Waals surface area contributed by atoms with Gasteiger partial charge in [-0.1, -0.05) is 30.3 Å². The van der Waals surface area contributed by atoms with Gasteiger partial charge in [0.05, 0.1) is 6.54 Å². The van der Waals surface area contributed by atoms with Crippen LogP contribution in [0.2, 0.25) is 0 Å². The third-order valence-electron chi connectivity index (χ3n) is 7.14. The summed E-state index contributed by atoms with van der Waals surface area (Å²) in [5.41, 5.74) is 0.764. The molecule has 1 unspecified atom stereocenters. The number of hydrogen-bond acceptors (Lipinski definition) is 3. The van der Waals surface area contributed by atoms with Gasteiger partial charge in [0.15, 0.2) is 0 Å². The van der Waals surface area contributed by atoms with E-state index in [-0.39, 0.29) is 17.4 Å². The molecule has 3 saturated heterocycles. The predicted molar refractivity (Wildman–Crippen MR) is 114 cm³/mol. The van der Waals surface area contributed by atoms with Crippen LogP contribution in [0.5, 0.6) is 0 Å². The highest BCUT2D eigenvalue weighted by Gasteiger charge is 2.48. The largest absolute Gasteiger partial charge is 0.342 e. The van der Waals surface area contributed by atoms with Gasteiger partial charge in [0.25, 0.3) is 5.91 Å². The van der Waals surface area contributed by atoms with Crippen LogP contribution in [0.3, 0.4) is 0 Å². The highest BCUT2D eigenvalue weighted by molar-refractivity contribution is 5.98. The van der Waals surface area contributed by atoms with Crippen molar-refractivity contribution in [2.45, 2.75) is 37.6 Å². The summed E-state index contributed by atoms with van der Waals surface area (Å²) in [7, 11) is 0. The Bertz CT molecular complexity index is 937. The van der Waals surface area contributed by atoms with E-state index in [4.69, 9.17) is 0 Å². The molecule has 0 aromatic heterocycles. The maximum Gasteiger partial charge on any atom is 0.253 e. The van der Waals surface area contributed by atoms with Gasteiger partial charge in [0.2, 0.25) is 5.91 Å².